The topological polar surface area (TPSA) is 47.5 Å². The van der Waals surface area contributed by atoms with Gasteiger partial charge in [0.2, 0.25) is 0 Å². The van der Waals surface area contributed by atoms with Gasteiger partial charge in [0.25, 0.3) is 0 Å². The van der Waals surface area contributed by atoms with Gasteiger partial charge in [0.15, 0.2) is 0 Å². The van der Waals surface area contributed by atoms with Gasteiger partial charge in [-0.25, -0.2) is 0 Å². The van der Waals surface area contributed by atoms with E-state index in [1.54, 1.807) is 0 Å². The molecule has 0 amide bonds. The SMILES string of the molecule is C1CN2CCNCC2CN1.CO. The van der Waals surface area contributed by atoms with Gasteiger partial charge in [-0.3, -0.25) is 4.90 Å². The van der Waals surface area contributed by atoms with Gasteiger partial charge in [0.1, 0.15) is 0 Å². The lowest BCUT2D eigenvalue weighted by molar-refractivity contribution is 0.133. The van der Waals surface area contributed by atoms with Crippen molar-refractivity contribution in [2.24, 2.45) is 0 Å². The molecule has 0 aromatic heterocycles. The van der Waals surface area contributed by atoms with Crippen molar-refractivity contribution in [3.63, 3.8) is 0 Å². The van der Waals surface area contributed by atoms with Crippen LogP contribution in [0.15, 0.2) is 0 Å². The summed E-state index contributed by atoms with van der Waals surface area (Å²) in [5.41, 5.74) is 0. The molecule has 0 radical (unpaired) electrons. The number of piperazine rings is 2. The molecule has 0 aromatic carbocycles. The zero-order chi connectivity index (χ0) is 8.81. The molecule has 72 valence electrons. The molecule has 2 fully saturated rings. The maximum Gasteiger partial charge on any atom is 0.0346 e. The number of fused-ring (bicyclic) bond motifs is 1. The molecule has 4 heteroatoms. The lowest BCUT2D eigenvalue weighted by Gasteiger charge is -2.39. The Morgan fingerprint density at radius 3 is 2.00 bits per heavy atom. The second-order valence-electron chi connectivity index (χ2n) is 3.10. The zero-order valence-electron chi connectivity index (χ0n) is 7.71. The summed E-state index contributed by atoms with van der Waals surface area (Å²) in [6.07, 6.45) is 0. The van der Waals surface area contributed by atoms with Gasteiger partial charge < -0.3 is 15.7 Å². The Kier molecular flexibility index (Phi) is 4.53. The Hall–Kier alpha value is -0.160. The smallest absolute Gasteiger partial charge is 0.0346 e. The molecule has 0 aromatic rings. The molecule has 0 bridgehead atoms. The first-order valence-corrected chi connectivity index (χ1v) is 4.57. The Morgan fingerprint density at radius 2 is 1.58 bits per heavy atom. The number of nitrogens with zero attached hydrogens (tertiary/aromatic N) is 1. The lowest BCUT2D eigenvalue weighted by atomic mass is 10.1. The van der Waals surface area contributed by atoms with Gasteiger partial charge in [0, 0.05) is 52.4 Å². The molecule has 2 rings (SSSR count). The van der Waals surface area contributed by atoms with Crippen LogP contribution in [0.25, 0.3) is 0 Å². The second kappa shape index (κ2) is 5.48. The normalized spacial score (nSPS) is 25.5. The van der Waals surface area contributed by atoms with Gasteiger partial charge in [-0.15, -0.1) is 0 Å². The third kappa shape index (κ3) is 2.42. The van der Waals surface area contributed by atoms with E-state index >= 15 is 0 Å². The van der Waals surface area contributed by atoms with Gasteiger partial charge in [-0.2, -0.15) is 0 Å². The predicted octanol–water partition coefficient (Wildman–Crippen LogP) is -1.53. The number of aliphatic hydroxyl groups is 1. The summed E-state index contributed by atoms with van der Waals surface area (Å²) in [5, 5.41) is 13.8. The number of hydrogen-bond acceptors (Lipinski definition) is 4. The maximum atomic E-state index is 7.00. The highest BCUT2D eigenvalue weighted by molar-refractivity contribution is 4.84. The fourth-order valence-corrected chi connectivity index (χ4v) is 1.79. The van der Waals surface area contributed by atoms with Crippen LogP contribution in [-0.4, -0.2) is 62.4 Å². The fourth-order valence-electron chi connectivity index (χ4n) is 1.79. The summed E-state index contributed by atoms with van der Waals surface area (Å²) < 4.78 is 0. The highest BCUT2D eigenvalue weighted by Gasteiger charge is 2.23. The third-order valence-corrected chi connectivity index (χ3v) is 2.43. The molecule has 0 unspecified atom stereocenters. The molecule has 2 aliphatic heterocycles. The van der Waals surface area contributed by atoms with Gasteiger partial charge >= 0.3 is 0 Å². The predicted molar refractivity (Wildman–Crippen MR) is 49.2 cm³/mol. The van der Waals surface area contributed by atoms with Crippen LogP contribution >= 0.6 is 0 Å². The largest absolute Gasteiger partial charge is 0.400 e. The van der Waals surface area contributed by atoms with Gasteiger partial charge in [0.05, 0.1) is 0 Å². The van der Waals surface area contributed by atoms with E-state index < -0.39 is 0 Å². The average Bonchev–Trinajstić information content (AvgIpc) is 2.21. The number of hydrogen-bond donors (Lipinski definition) is 3. The van der Waals surface area contributed by atoms with Crippen LogP contribution in [0.1, 0.15) is 0 Å². The molecule has 12 heavy (non-hydrogen) atoms. The minimum absolute atomic E-state index is 0.766. The Morgan fingerprint density at radius 1 is 1.08 bits per heavy atom. The van der Waals surface area contributed by atoms with Crippen molar-refractivity contribution in [2.45, 2.75) is 6.04 Å². The van der Waals surface area contributed by atoms with Gasteiger partial charge in [-0.05, 0) is 0 Å². The van der Waals surface area contributed by atoms with E-state index in [-0.39, 0.29) is 0 Å². The highest BCUT2D eigenvalue weighted by atomic mass is 16.2. The summed E-state index contributed by atoms with van der Waals surface area (Å²) in [6, 6.07) is 0.766. The molecule has 2 aliphatic rings. The molecule has 0 aliphatic carbocycles. The van der Waals surface area contributed by atoms with E-state index in [9.17, 15) is 0 Å². The zero-order valence-corrected chi connectivity index (χ0v) is 7.71. The highest BCUT2D eigenvalue weighted by Crippen LogP contribution is 2.03. The van der Waals surface area contributed by atoms with Crippen LogP contribution in [-0.2, 0) is 0 Å². The maximum absolute atomic E-state index is 7.00. The molecule has 0 saturated carbocycles. The van der Waals surface area contributed by atoms with Crippen LogP contribution in [0.3, 0.4) is 0 Å². The summed E-state index contributed by atoms with van der Waals surface area (Å²) in [6.45, 7) is 7.19. The lowest BCUT2D eigenvalue weighted by Crippen LogP contribution is -2.60. The molecule has 0 atom stereocenters. The summed E-state index contributed by atoms with van der Waals surface area (Å²) in [5.74, 6) is 0. The van der Waals surface area contributed by atoms with Gasteiger partial charge in [-0.1, -0.05) is 0 Å². The first-order valence-electron chi connectivity index (χ1n) is 4.57. The Labute approximate surface area is 73.9 Å². The van der Waals surface area contributed by atoms with Crippen molar-refractivity contribution in [1.82, 2.24) is 15.5 Å². The Balaban J connectivity index is 0.000000336. The molecule has 0 spiro atoms. The van der Waals surface area contributed by atoms with Crippen molar-refractivity contribution < 1.29 is 5.11 Å². The number of aliphatic hydroxyl groups excluding tert-OH is 1. The van der Waals surface area contributed by atoms with E-state index in [0.717, 1.165) is 13.2 Å². The molecule has 4 nitrogen and oxygen atoms in total. The van der Waals surface area contributed by atoms with Crippen LogP contribution in [0.4, 0.5) is 0 Å². The van der Waals surface area contributed by atoms with Crippen molar-refractivity contribution in [2.75, 3.05) is 46.4 Å². The van der Waals surface area contributed by atoms with E-state index in [2.05, 4.69) is 15.5 Å². The quantitative estimate of drug-likeness (QED) is 0.416. The van der Waals surface area contributed by atoms with E-state index in [4.69, 9.17) is 5.11 Å². The summed E-state index contributed by atoms with van der Waals surface area (Å²) in [4.78, 5) is 2.58. The van der Waals surface area contributed by atoms with Crippen LogP contribution in [0, 0.1) is 0 Å². The standard InChI is InChI=1S/C7H15N3.CH4O/c1-3-10-4-2-9-6-7(10)5-8-1;1-2/h7-9H,1-6H2;2H,1H3. The van der Waals surface area contributed by atoms with Crippen LogP contribution in [0.2, 0.25) is 0 Å². The third-order valence-electron chi connectivity index (χ3n) is 2.43. The summed E-state index contributed by atoms with van der Waals surface area (Å²) >= 11 is 0. The molecular formula is C8H19N3O. The first kappa shape index (κ1) is 9.92. The van der Waals surface area contributed by atoms with E-state index in [1.165, 1.54) is 39.3 Å². The Bertz CT molecular complexity index is 94.9. The van der Waals surface area contributed by atoms with Crippen molar-refractivity contribution in [1.29, 1.82) is 0 Å². The summed E-state index contributed by atoms with van der Waals surface area (Å²) in [7, 11) is 1.00. The monoisotopic (exact) mass is 173 g/mol. The van der Waals surface area contributed by atoms with Crippen molar-refractivity contribution in [3.05, 3.63) is 0 Å². The van der Waals surface area contributed by atoms with Crippen molar-refractivity contribution in [3.8, 4) is 0 Å². The van der Waals surface area contributed by atoms with Crippen LogP contribution < -0.4 is 10.6 Å². The fraction of sp³-hybridized carbons (Fsp3) is 1.00. The molecule has 3 N–H and O–H groups in total. The second-order valence-corrected chi connectivity index (χ2v) is 3.10. The van der Waals surface area contributed by atoms with E-state index in [0.29, 0.717) is 0 Å². The molecular weight excluding hydrogens is 154 g/mol. The van der Waals surface area contributed by atoms with Crippen molar-refractivity contribution >= 4 is 0 Å². The first-order chi connectivity index (χ1) is 5.97. The number of rotatable bonds is 0. The molecule has 2 saturated heterocycles. The minimum atomic E-state index is 0.766. The number of nitrogens with one attached hydrogen (secondary N) is 2. The molecule has 2 heterocycles. The van der Waals surface area contributed by atoms with Crippen LogP contribution in [0.5, 0.6) is 0 Å². The average molecular weight is 173 g/mol. The minimum Gasteiger partial charge on any atom is -0.400 e. The van der Waals surface area contributed by atoms with E-state index in [1.807, 2.05) is 0 Å².